The third-order valence-electron chi connectivity index (χ3n) is 6.36. The normalized spacial score (nSPS) is 18.1. The third kappa shape index (κ3) is 6.73. The number of amides is 1. The van der Waals surface area contributed by atoms with Crippen LogP contribution in [-0.2, 0) is 26.6 Å². The fourth-order valence-corrected chi connectivity index (χ4v) is 5.37. The quantitative estimate of drug-likeness (QED) is 0.292. The Hall–Kier alpha value is -2.65. The van der Waals surface area contributed by atoms with Gasteiger partial charge in [-0.1, -0.05) is 23.9 Å². The van der Waals surface area contributed by atoms with Crippen molar-refractivity contribution in [1.29, 1.82) is 0 Å². The first-order chi connectivity index (χ1) is 17.1. The van der Waals surface area contributed by atoms with E-state index >= 15 is 0 Å². The minimum Gasteiger partial charge on any atom is -0.466 e. The van der Waals surface area contributed by atoms with Crippen LogP contribution in [0.3, 0.4) is 0 Å². The summed E-state index contributed by atoms with van der Waals surface area (Å²) in [6.07, 6.45) is 3.97. The van der Waals surface area contributed by atoms with Crippen molar-refractivity contribution in [2.75, 3.05) is 44.8 Å². The van der Waals surface area contributed by atoms with Crippen LogP contribution in [0.1, 0.15) is 54.2 Å². The maximum absolute atomic E-state index is 13.0. The Labute approximate surface area is 211 Å². The van der Waals surface area contributed by atoms with Crippen LogP contribution in [0.15, 0.2) is 35.5 Å². The minimum atomic E-state index is -0.234. The van der Waals surface area contributed by atoms with Crippen molar-refractivity contribution in [3.8, 4) is 0 Å². The molecule has 1 amide bonds. The molecule has 8 nitrogen and oxygen atoms in total. The van der Waals surface area contributed by atoms with Crippen molar-refractivity contribution in [3.63, 3.8) is 0 Å². The first kappa shape index (κ1) is 25.4. The van der Waals surface area contributed by atoms with E-state index in [4.69, 9.17) is 14.5 Å². The largest absolute Gasteiger partial charge is 0.466 e. The van der Waals surface area contributed by atoms with Crippen molar-refractivity contribution < 1.29 is 19.1 Å². The first-order valence-electron chi connectivity index (χ1n) is 12.4. The molecule has 2 aromatic rings. The maximum Gasteiger partial charge on any atom is 0.310 e. The van der Waals surface area contributed by atoms with E-state index in [0.29, 0.717) is 37.6 Å². The Morgan fingerprint density at radius 1 is 1.09 bits per heavy atom. The number of piperidine rings is 1. The molecule has 0 aliphatic carbocycles. The summed E-state index contributed by atoms with van der Waals surface area (Å²) >= 11 is 1.59. The van der Waals surface area contributed by atoms with Gasteiger partial charge in [-0.25, -0.2) is 9.97 Å². The van der Waals surface area contributed by atoms with Gasteiger partial charge < -0.3 is 19.3 Å². The molecule has 4 rings (SSSR count). The van der Waals surface area contributed by atoms with Gasteiger partial charge in [0.1, 0.15) is 5.82 Å². The van der Waals surface area contributed by atoms with Gasteiger partial charge in [-0.2, -0.15) is 0 Å². The second-order valence-electron chi connectivity index (χ2n) is 8.96. The van der Waals surface area contributed by atoms with Crippen LogP contribution < -0.4 is 4.90 Å². The predicted octanol–water partition coefficient (Wildman–Crippen LogP) is 3.93. The van der Waals surface area contributed by atoms with Crippen LogP contribution in [-0.4, -0.2) is 66.6 Å². The zero-order chi connectivity index (χ0) is 24.6. The van der Waals surface area contributed by atoms with Gasteiger partial charge in [-0.05, 0) is 50.3 Å². The molecule has 1 atom stereocenters. The zero-order valence-corrected chi connectivity index (χ0v) is 21.4. The molecule has 3 heterocycles. The molecule has 0 spiro atoms. The average molecular weight is 499 g/mol. The minimum absolute atomic E-state index is 0.0379. The number of nitrogens with zero attached hydrogens (tertiary/aromatic N) is 4. The topological polar surface area (TPSA) is 84.9 Å². The molecule has 2 saturated heterocycles. The molecule has 2 aliphatic rings. The Balaban J connectivity index is 1.37. The summed E-state index contributed by atoms with van der Waals surface area (Å²) in [6, 6.07) is 9.71. The van der Waals surface area contributed by atoms with E-state index in [1.165, 1.54) is 12.8 Å². The third-order valence-corrected chi connectivity index (χ3v) is 7.28. The number of aromatic nitrogens is 2. The monoisotopic (exact) mass is 498 g/mol. The number of rotatable bonds is 9. The molecule has 188 valence electrons. The smallest absolute Gasteiger partial charge is 0.310 e. The van der Waals surface area contributed by atoms with Crippen LogP contribution in [0.5, 0.6) is 0 Å². The summed E-state index contributed by atoms with van der Waals surface area (Å²) in [4.78, 5) is 38.6. The summed E-state index contributed by atoms with van der Waals surface area (Å²) in [5.74, 6) is 1.20. The van der Waals surface area contributed by atoms with Gasteiger partial charge in [0, 0.05) is 50.7 Å². The van der Waals surface area contributed by atoms with E-state index in [-0.39, 0.29) is 17.8 Å². The molecule has 1 aromatic heterocycles. The van der Waals surface area contributed by atoms with E-state index in [9.17, 15) is 9.59 Å². The summed E-state index contributed by atoms with van der Waals surface area (Å²) in [5, 5.41) is 0.736. The highest BCUT2D eigenvalue weighted by atomic mass is 32.2. The lowest BCUT2D eigenvalue weighted by atomic mass is 9.97. The highest BCUT2D eigenvalue weighted by Gasteiger charge is 2.29. The lowest BCUT2D eigenvalue weighted by Crippen LogP contribution is -2.42. The summed E-state index contributed by atoms with van der Waals surface area (Å²) in [7, 11) is 1.67. The van der Waals surface area contributed by atoms with Crippen molar-refractivity contribution in [2.24, 2.45) is 5.92 Å². The SMILES string of the molecule is CCOC(=O)[C@@H]1CCCN(C(=O)c2ccc(CSc3nc(COC)cc(N4CCCC4)n3)cc2)C1. The van der Waals surface area contributed by atoms with Crippen molar-refractivity contribution in [3.05, 3.63) is 47.2 Å². The van der Waals surface area contributed by atoms with E-state index in [1.807, 2.05) is 30.3 Å². The van der Waals surface area contributed by atoms with E-state index in [2.05, 4.69) is 9.88 Å². The highest BCUT2D eigenvalue weighted by molar-refractivity contribution is 7.98. The number of carbonyl (C=O) groups excluding carboxylic acids is 2. The lowest BCUT2D eigenvalue weighted by Gasteiger charge is -2.31. The molecule has 0 N–H and O–H groups in total. The van der Waals surface area contributed by atoms with Crippen molar-refractivity contribution in [1.82, 2.24) is 14.9 Å². The van der Waals surface area contributed by atoms with Gasteiger partial charge in [0.25, 0.3) is 5.91 Å². The van der Waals surface area contributed by atoms with Crippen LogP contribution in [0.25, 0.3) is 0 Å². The van der Waals surface area contributed by atoms with Crippen LogP contribution in [0, 0.1) is 5.92 Å². The molecule has 0 bridgehead atoms. The Kier molecular flexibility index (Phi) is 8.98. The molecule has 9 heteroatoms. The number of likely N-dealkylation sites (tertiary alicyclic amines) is 1. The average Bonchev–Trinajstić information content (AvgIpc) is 3.43. The summed E-state index contributed by atoms with van der Waals surface area (Å²) in [5.41, 5.74) is 2.62. The number of methoxy groups -OCH3 is 1. The Bertz CT molecular complexity index is 1010. The predicted molar refractivity (Wildman–Crippen MR) is 135 cm³/mol. The first-order valence-corrected chi connectivity index (χ1v) is 13.4. The van der Waals surface area contributed by atoms with Crippen molar-refractivity contribution >= 4 is 29.5 Å². The Morgan fingerprint density at radius 3 is 2.57 bits per heavy atom. The van der Waals surface area contributed by atoms with Gasteiger partial charge >= 0.3 is 5.97 Å². The zero-order valence-electron chi connectivity index (χ0n) is 20.6. The number of benzene rings is 1. The number of hydrogen-bond acceptors (Lipinski definition) is 8. The summed E-state index contributed by atoms with van der Waals surface area (Å²) < 4.78 is 10.5. The fourth-order valence-electron chi connectivity index (χ4n) is 4.54. The van der Waals surface area contributed by atoms with Gasteiger partial charge in [0.15, 0.2) is 5.16 Å². The van der Waals surface area contributed by atoms with Gasteiger partial charge in [-0.15, -0.1) is 0 Å². The second kappa shape index (κ2) is 12.4. The summed E-state index contributed by atoms with van der Waals surface area (Å²) in [6.45, 7) is 5.77. The van der Waals surface area contributed by atoms with Crippen LogP contribution in [0.2, 0.25) is 0 Å². The van der Waals surface area contributed by atoms with Crippen LogP contribution in [0.4, 0.5) is 5.82 Å². The molecular weight excluding hydrogens is 464 g/mol. The molecule has 2 aliphatic heterocycles. The van der Waals surface area contributed by atoms with E-state index in [1.54, 1.807) is 30.7 Å². The van der Waals surface area contributed by atoms with Gasteiger partial charge in [0.05, 0.1) is 24.8 Å². The number of ether oxygens (including phenoxy) is 2. The number of anilines is 1. The number of esters is 1. The lowest BCUT2D eigenvalue weighted by molar-refractivity contribution is -0.149. The van der Waals surface area contributed by atoms with E-state index < -0.39 is 0 Å². The standard InChI is InChI=1S/C26H34N4O4S/c1-3-34-25(32)21-7-6-14-30(16-21)24(31)20-10-8-19(9-11-20)18-35-26-27-22(17-33-2)15-23(28-26)29-12-4-5-13-29/h8-11,15,21H,3-7,12-14,16-18H2,1-2H3/t21-/m1/s1. The number of thioether (sulfide) groups is 1. The maximum atomic E-state index is 13.0. The van der Waals surface area contributed by atoms with Crippen LogP contribution >= 0.6 is 11.8 Å². The molecular formula is C26H34N4O4S. The van der Waals surface area contributed by atoms with E-state index in [0.717, 1.165) is 48.2 Å². The Morgan fingerprint density at radius 2 is 1.86 bits per heavy atom. The highest BCUT2D eigenvalue weighted by Crippen LogP contribution is 2.26. The molecule has 35 heavy (non-hydrogen) atoms. The molecule has 0 radical (unpaired) electrons. The second-order valence-corrected chi connectivity index (χ2v) is 9.90. The van der Waals surface area contributed by atoms with Gasteiger partial charge in [-0.3, -0.25) is 9.59 Å². The molecule has 2 fully saturated rings. The number of carbonyl (C=O) groups is 2. The fraction of sp³-hybridized carbons (Fsp3) is 0.538. The molecule has 1 aromatic carbocycles. The molecule has 0 saturated carbocycles. The van der Waals surface area contributed by atoms with Gasteiger partial charge in [0.2, 0.25) is 0 Å². The number of hydrogen-bond donors (Lipinski definition) is 0. The molecule has 0 unspecified atom stereocenters. The van der Waals surface area contributed by atoms with Crippen molar-refractivity contribution in [2.45, 2.75) is 50.1 Å².